The van der Waals surface area contributed by atoms with Crippen LogP contribution >= 0.6 is 0 Å². The van der Waals surface area contributed by atoms with Gasteiger partial charge >= 0.3 is 0 Å². The van der Waals surface area contributed by atoms with Crippen molar-refractivity contribution in [2.24, 2.45) is 5.73 Å². The molecule has 2 atom stereocenters. The van der Waals surface area contributed by atoms with Crippen LogP contribution in [0.1, 0.15) is 46.9 Å². The number of nitrogens with one attached hydrogen (secondary N) is 2. The number of carbonyl (C=O) groups is 2. The number of pyridine rings is 2. The van der Waals surface area contributed by atoms with E-state index in [0.29, 0.717) is 50.7 Å². The number of rotatable bonds is 8. The minimum absolute atomic E-state index is 0.0176. The molecule has 5 aromatic rings. The quantitative estimate of drug-likeness (QED) is 0.197. The third kappa shape index (κ3) is 5.70. The number of hydrogen-bond donors (Lipinski definition) is 4. The molecule has 3 aromatic heterocycles. The molecular weight excluding hydrogens is 589 g/mol. The fraction of sp³-hybridized carbons (Fsp3) is 0.235. The number of carbonyl (C=O) groups excluding carboxylic acids is 2. The van der Waals surface area contributed by atoms with Gasteiger partial charge < -0.3 is 26.2 Å². The Morgan fingerprint density at radius 3 is 2.48 bits per heavy atom. The van der Waals surface area contributed by atoms with Gasteiger partial charge in [-0.2, -0.15) is 0 Å². The Morgan fingerprint density at radius 1 is 1.07 bits per heavy atom. The third-order valence-corrected chi connectivity index (χ3v) is 8.07. The van der Waals surface area contributed by atoms with E-state index in [2.05, 4.69) is 30.6 Å². The van der Waals surface area contributed by atoms with Crippen molar-refractivity contribution in [3.8, 4) is 17.0 Å². The van der Waals surface area contributed by atoms with Gasteiger partial charge in [-0.1, -0.05) is 6.07 Å². The molecule has 234 valence electrons. The smallest absolute Gasteiger partial charge is 0.251 e. The number of amides is 2. The van der Waals surface area contributed by atoms with Crippen LogP contribution in [0.25, 0.3) is 22.2 Å². The van der Waals surface area contributed by atoms with E-state index in [1.807, 2.05) is 26.0 Å². The molecule has 0 saturated carbocycles. The van der Waals surface area contributed by atoms with Crippen LogP contribution in [0.2, 0.25) is 0 Å². The summed E-state index contributed by atoms with van der Waals surface area (Å²) in [6.07, 6.45) is 1.66. The molecular formula is C34H32FN7O4. The summed E-state index contributed by atoms with van der Waals surface area (Å²) in [7, 11) is 0. The predicted octanol–water partition coefficient (Wildman–Crippen LogP) is 4.36. The van der Waals surface area contributed by atoms with Gasteiger partial charge in [0.1, 0.15) is 34.9 Å². The zero-order chi connectivity index (χ0) is 32.8. The van der Waals surface area contributed by atoms with Crippen molar-refractivity contribution in [3.05, 3.63) is 101 Å². The molecule has 1 aliphatic heterocycles. The van der Waals surface area contributed by atoms with Crippen molar-refractivity contribution in [1.29, 1.82) is 0 Å². The molecule has 0 radical (unpaired) electrons. The van der Waals surface area contributed by atoms with E-state index in [-0.39, 0.29) is 18.8 Å². The summed E-state index contributed by atoms with van der Waals surface area (Å²) in [5, 5.41) is 18.4. The van der Waals surface area contributed by atoms with Gasteiger partial charge in [-0.3, -0.25) is 14.6 Å². The highest BCUT2D eigenvalue weighted by Crippen LogP contribution is 2.45. The Kier molecular flexibility index (Phi) is 7.61. The van der Waals surface area contributed by atoms with Gasteiger partial charge in [-0.05, 0) is 82.3 Å². The Morgan fingerprint density at radius 2 is 1.78 bits per heavy atom. The van der Waals surface area contributed by atoms with Gasteiger partial charge in [0.05, 0.1) is 23.4 Å². The number of hydrogen-bond acceptors (Lipinski definition) is 9. The van der Waals surface area contributed by atoms with Crippen molar-refractivity contribution >= 4 is 34.4 Å². The van der Waals surface area contributed by atoms with E-state index in [1.54, 1.807) is 37.4 Å². The molecule has 2 amide bonds. The molecule has 46 heavy (non-hydrogen) atoms. The molecule has 4 heterocycles. The number of benzene rings is 2. The molecule has 0 saturated heterocycles. The summed E-state index contributed by atoms with van der Waals surface area (Å²) in [4.78, 5) is 44.1. The zero-order valence-electron chi connectivity index (χ0n) is 25.7. The first-order chi connectivity index (χ1) is 21.8. The molecule has 5 N–H and O–H groups in total. The van der Waals surface area contributed by atoms with E-state index in [1.165, 1.54) is 31.2 Å². The van der Waals surface area contributed by atoms with Crippen LogP contribution in [0.15, 0.2) is 66.9 Å². The largest absolute Gasteiger partial charge is 0.489 e. The topological polar surface area (TPSA) is 165 Å². The van der Waals surface area contributed by atoms with Crippen LogP contribution < -0.4 is 21.1 Å². The maximum absolute atomic E-state index is 13.7. The zero-order valence-corrected chi connectivity index (χ0v) is 25.7. The van der Waals surface area contributed by atoms with Crippen molar-refractivity contribution < 1.29 is 23.8 Å². The normalized spacial score (nSPS) is 16.7. The van der Waals surface area contributed by atoms with Gasteiger partial charge in [-0.15, -0.1) is 0 Å². The maximum atomic E-state index is 13.7. The van der Waals surface area contributed by atoms with Crippen LogP contribution in [-0.2, 0) is 15.8 Å². The van der Waals surface area contributed by atoms with Crippen LogP contribution in [0.3, 0.4) is 0 Å². The molecule has 12 heteroatoms. The van der Waals surface area contributed by atoms with Gasteiger partial charge in [0, 0.05) is 39.7 Å². The predicted molar refractivity (Wildman–Crippen MR) is 170 cm³/mol. The number of fused-ring (bicyclic) bond motifs is 2. The van der Waals surface area contributed by atoms with Crippen molar-refractivity contribution in [3.63, 3.8) is 0 Å². The van der Waals surface area contributed by atoms with Crippen LogP contribution in [0, 0.1) is 19.7 Å². The summed E-state index contributed by atoms with van der Waals surface area (Å²) in [5.41, 5.74) is 7.37. The fourth-order valence-corrected chi connectivity index (χ4v) is 5.43. The second-order valence-electron chi connectivity index (χ2n) is 11.9. The average molecular weight is 622 g/mol. The third-order valence-electron chi connectivity index (χ3n) is 8.07. The summed E-state index contributed by atoms with van der Waals surface area (Å²) in [5.74, 6) is -0.799. The molecule has 11 nitrogen and oxygen atoms in total. The number of anilines is 2. The van der Waals surface area contributed by atoms with E-state index in [4.69, 9.17) is 10.5 Å². The van der Waals surface area contributed by atoms with E-state index >= 15 is 0 Å². The number of halogens is 1. The van der Waals surface area contributed by atoms with Gasteiger partial charge in [0.2, 0.25) is 11.9 Å². The van der Waals surface area contributed by atoms with E-state index < -0.39 is 28.6 Å². The first-order valence-corrected chi connectivity index (χ1v) is 14.6. The van der Waals surface area contributed by atoms with Crippen molar-refractivity contribution in [2.75, 3.05) is 18.5 Å². The first kappa shape index (κ1) is 30.5. The minimum atomic E-state index is -1.70. The van der Waals surface area contributed by atoms with Gasteiger partial charge in [0.25, 0.3) is 5.91 Å². The Hall–Kier alpha value is -5.49. The minimum Gasteiger partial charge on any atom is -0.489 e. The lowest BCUT2D eigenvalue weighted by atomic mass is 9.82. The lowest BCUT2D eigenvalue weighted by Gasteiger charge is -2.26. The Labute approximate surface area is 264 Å². The number of primary amides is 1. The van der Waals surface area contributed by atoms with E-state index in [9.17, 15) is 19.1 Å². The molecule has 1 aliphatic rings. The van der Waals surface area contributed by atoms with Crippen LogP contribution in [-0.4, -0.2) is 50.0 Å². The van der Waals surface area contributed by atoms with E-state index in [0.717, 1.165) is 11.4 Å². The van der Waals surface area contributed by atoms with Crippen molar-refractivity contribution in [2.45, 2.75) is 38.7 Å². The highest BCUT2D eigenvalue weighted by atomic mass is 19.1. The second kappa shape index (κ2) is 11.5. The van der Waals surface area contributed by atoms with Gasteiger partial charge in [0.15, 0.2) is 0 Å². The lowest BCUT2D eigenvalue weighted by Crippen LogP contribution is -2.41. The molecule has 6 rings (SSSR count). The molecule has 0 fully saturated rings. The molecule has 0 aliphatic carbocycles. The number of nitrogens with zero attached hydrogens (tertiary/aromatic N) is 4. The summed E-state index contributed by atoms with van der Waals surface area (Å²) < 4.78 is 19.6. The molecule has 0 unspecified atom stereocenters. The number of nitrogens with two attached hydrogens (primary N) is 1. The first-order valence-electron chi connectivity index (χ1n) is 14.6. The van der Waals surface area contributed by atoms with Gasteiger partial charge in [-0.25, -0.2) is 19.3 Å². The lowest BCUT2D eigenvalue weighted by molar-refractivity contribution is -0.123. The highest BCUT2D eigenvalue weighted by Gasteiger charge is 2.45. The number of aliphatic hydroxyl groups is 1. The summed E-state index contributed by atoms with van der Waals surface area (Å²) >= 11 is 0. The van der Waals surface area contributed by atoms with Crippen molar-refractivity contribution in [1.82, 2.24) is 25.3 Å². The number of ether oxygens (including phenoxy) is 1. The highest BCUT2D eigenvalue weighted by molar-refractivity contribution is 6.02. The Balaban J connectivity index is 1.32. The maximum Gasteiger partial charge on any atom is 0.251 e. The molecule has 2 aromatic carbocycles. The SMILES string of the molecule is Cc1cc(C)nc(Nc2cc(C(=O)NC[C@](C)(O)c3cc4c(c(-c5ccc(F)cc5)n3)OC[C@]4(C)C(N)=O)cc3cccnc23)n1. The standard InChI is InChI=1S/C34H32FN7O4/c1-18-12-19(2)40-32(39-18)41-25-14-22(13-21-6-5-11-37-27(21)25)30(43)38-16-34(4,45)26-15-24-29(46-17-33(24,3)31(36)44)28(42-26)20-7-9-23(35)10-8-20/h5-15,45H,16-17H2,1-4H3,(H2,36,44)(H,38,43)(H,39,40,41)/t33-,34-/m0/s1. The van der Waals surface area contributed by atoms with Crippen LogP contribution in [0.4, 0.5) is 16.0 Å². The molecule has 0 spiro atoms. The fourth-order valence-electron chi connectivity index (χ4n) is 5.43. The summed E-state index contributed by atoms with van der Waals surface area (Å²) in [6, 6.07) is 16.0. The number of aryl methyl sites for hydroxylation is 2. The monoisotopic (exact) mass is 621 g/mol. The summed E-state index contributed by atoms with van der Waals surface area (Å²) in [6.45, 7) is 6.64. The Bertz CT molecular complexity index is 2000. The van der Waals surface area contributed by atoms with Crippen LogP contribution in [0.5, 0.6) is 5.75 Å². The number of aromatic nitrogens is 4. The second-order valence-corrected chi connectivity index (χ2v) is 11.9. The average Bonchev–Trinajstić information content (AvgIpc) is 3.37. The molecule has 0 bridgehead atoms.